The number of nitrogens with zero attached hydrogens (tertiary/aromatic N) is 4. The first-order valence-corrected chi connectivity index (χ1v) is 11.3. The van der Waals surface area contributed by atoms with Gasteiger partial charge in [-0.05, 0) is 25.5 Å². The fourth-order valence-electron chi connectivity index (χ4n) is 3.86. The van der Waals surface area contributed by atoms with E-state index >= 15 is 0 Å². The normalized spacial score (nSPS) is 11.6. The lowest BCUT2D eigenvalue weighted by molar-refractivity contribution is -0.138. The average molecular weight is 455 g/mol. The molecule has 4 rings (SSSR count). The van der Waals surface area contributed by atoms with Crippen molar-refractivity contribution in [1.29, 1.82) is 5.26 Å². The minimum absolute atomic E-state index is 0.269. The fourth-order valence-corrected chi connectivity index (χ4v) is 3.86. The van der Waals surface area contributed by atoms with Gasteiger partial charge in [0.15, 0.2) is 11.3 Å². The Kier molecular flexibility index (Phi) is 6.88. The number of hydrogen-bond acceptors (Lipinski definition) is 7. The van der Waals surface area contributed by atoms with Gasteiger partial charge in [0.25, 0.3) is 0 Å². The van der Waals surface area contributed by atoms with Crippen molar-refractivity contribution in [1.82, 2.24) is 4.98 Å². The number of ether oxygens (including phenoxy) is 1. The number of aromatic nitrogens is 1. The molecule has 0 saturated carbocycles. The van der Waals surface area contributed by atoms with Crippen LogP contribution in [0.5, 0.6) is 0 Å². The molecule has 0 spiro atoms. The van der Waals surface area contributed by atoms with Crippen LogP contribution in [0.25, 0.3) is 33.3 Å². The van der Waals surface area contributed by atoms with Gasteiger partial charge in [-0.25, -0.2) is 9.78 Å². The summed E-state index contributed by atoms with van der Waals surface area (Å²) in [4.78, 5) is 22.7. The van der Waals surface area contributed by atoms with E-state index in [0.29, 0.717) is 28.8 Å². The van der Waals surface area contributed by atoms with Crippen molar-refractivity contribution in [2.45, 2.75) is 26.7 Å². The molecule has 0 fully saturated rings. The molecule has 0 amide bonds. The summed E-state index contributed by atoms with van der Waals surface area (Å²) in [7, 11) is 0. The van der Waals surface area contributed by atoms with Gasteiger partial charge in [-0.15, -0.1) is 0 Å². The molecular weight excluding hydrogens is 428 g/mol. The number of anilines is 1. The monoisotopic (exact) mass is 454 g/mol. The molecule has 0 unspecified atom stereocenters. The highest BCUT2D eigenvalue weighted by Crippen LogP contribution is 2.31. The highest BCUT2D eigenvalue weighted by molar-refractivity contribution is 5.96. The van der Waals surface area contributed by atoms with Gasteiger partial charge in [0.2, 0.25) is 6.19 Å². The highest BCUT2D eigenvalue weighted by Gasteiger charge is 2.16. The molecule has 7 heteroatoms. The van der Waals surface area contributed by atoms with Crippen molar-refractivity contribution in [2.75, 3.05) is 24.6 Å². The van der Waals surface area contributed by atoms with Crippen molar-refractivity contribution in [3.05, 3.63) is 66.0 Å². The quantitative estimate of drug-likeness (QED) is 0.120. The summed E-state index contributed by atoms with van der Waals surface area (Å²) < 4.78 is 11.6. The third-order valence-corrected chi connectivity index (χ3v) is 5.61. The maximum atomic E-state index is 11.8. The lowest BCUT2D eigenvalue weighted by Crippen LogP contribution is -2.29. The molecule has 0 radical (unpaired) electrons. The van der Waals surface area contributed by atoms with Crippen molar-refractivity contribution in [3.63, 3.8) is 0 Å². The molecule has 0 atom stereocenters. The molecular formula is C27H26N4O3. The minimum Gasteiger partial charge on any atom is -0.460 e. The third-order valence-electron chi connectivity index (χ3n) is 5.61. The minimum atomic E-state index is -0.384. The smallest absolute Gasteiger partial charge is 0.333 e. The second-order valence-electron chi connectivity index (χ2n) is 8.12. The Morgan fingerprint density at radius 1 is 1.21 bits per heavy atom. The zero-order chi connectivity index (χ0) is 24.1. The number of nitriles is 1. The standard InChI is InChI=1S/C27H26N4O3/c1-4-5-12-31(13-14-33-27(32)18(2)3)19-10-11-22-24(15-19)34-25-16-23(29-17-28)20-8-6-7-9-21(20)26(25)30-22/h6-11,15-16H,2,4-5,12-14H2,1,3H3. The predicted octanol–water partition coefficient (Wildman–Crippen LogP) is 5.19. The van der Waals surface area contributed by atoms with E-state index in [-0.39, 0.29) is 12.6 Å². The highest BCUT2D eigenvalue weighted by atomic mass is 16.5. The van der Waals surface area contributed by atoms with Gasteiger partial charge in [0, 0.05) is 40.7 Å². The van der Waals surface area contributed by atoms with E-state index in [1.165, 1.54) is 0 Å². The summed E-state index contributed by atoms with van der Waals surface area (Å²) in [5, 5.41) is 11.4. The Labute approximate surface area is 198 Å². The molecule has 34 heavy (non-hydrogen) atoms. The van der Waals surface area contributed by atoms with E-state index in [1.54, 1.807) is 13.0 Å². The van der Waals surface area contributed by atoms with E-state index in [4.69, 9.17) is 19.4 Å². The SMILES string of the molecule is C=C(C)C(=O)OCCN(CCCC)c1ccc2nc3c4ccccc4c(=NC#N)cc-3oc2c1. The zero-order valence-electron chi connectivity index (χ0n) is 19.4. The first kappa shape index (κ1) is 23.0. The molecule has 0 bridgehead atoms. The Hall–Kier alpha value is -4.18. The third kappa shape index (κ3) is 4.76. The van der Waals surface area contributed by atoms with Crippen LogP contribution >= 0.6 is 0 Å². The van der Waals surface area contributed by atoms with Gasteiger partial charge in [-0.1, -0.05) is 44.2 Å². The van der Waals surface area contributed by atoms with Crippen LogP contribution in [-0.4, -0.2) is 30.6 Å². The van der Waals surface area contributed by atoms with Crippen LogP contribution in [-0.2, 0) is 9.53 Å². The van der Waals surface area contributed by atoms with Crippen LogP contribution in [0.1, 0.15) is 26.7 Å². The molecule has 1 aliphatic heterocycles. The maximum absolute atomic E-state index is 11.8. The fraction of sp³-hybridized carbons (Fsp3) is 0.259. The van der Waals surface area contributed by atoms with E-state index < -0.39 is 0 Å². The molecule has 7 nitrogen and oxygen atoms in total. The molecule has 1 heterocycles. The van der Waals surface area contributed by atoms with Gasteiger partial charge < -0.3 is 14.1 Å². The number of benzene rings is 3. The first-order chi connectivity index (χ1) is 16.5. The van der Waals surface area contributed by atoms with Crippen LogP contribution < -0.4 is 10.3 Å². The van der Waals surface area contributed by atoms with Crippen molar-refractivity contribution in [2.24, 2.45) is 4.99 Å². The summed E-state index contributed by atoms with van der Waals surface area (Å²) in [5.41, 5.74) is 3.43. The van der Waals surface area contributed by atoms with Gasteiger partial charge in [0.05, 0.1) is 11.9 Å². The lowest BCUT2D eigenvalue weighted by atomic mass is 10.0. The summed E-state index contributed by atoms with van der Waals surface area (Å²) >= 11 is 0. The van der Waals surface area contributed by atoms with Crippen molar-refractivity contribution < 1.29 is 13.9 Å². The van der Waals surface area contributed by atoms with Crippen LogP contribution in [0.4, 0.5) is 5.69 Å². The molecule has 2 aromatic carbocycles. The number of hydrogen-bond donors (Lipinski definition) is 0. The number of carbonyl (C=O) groups is 1. The van der Waals surface area contributed by atoms with E-state index in [9.17, 15) is 4.79 Å². The lowest BCUT2D eigenvalue weighted by Gasteiger charge is -2.25. The topological polar surface area (TPSA) is 91.7 Å². The second-order valence-corrected chi connectivity index (χ2v) is 8.12. The predicted molar refractivity (Wildman–Crippen MR) is 132 cm³/mol. The molecule has 172 valence electrons. The summed E-state index contributed by atoms with van der Waals surface area (Å²) in [6.45, 7) is 9.05. The summed E-state index contributed by atoms with van der Waals surface area (Å²) in [6, 6.07) is 15.4. The van der Waals surface area contributed by atoms with Gasteiger partial charge in [0.1, 0.15) is 17.8 Å². The second kappa shape index (κ2) is 10.2. The van der Waals surface area contributed by atoms with Crippen LogP contribution in [0.3, 0.4) is 0 Å². The Bertz CT molecular complexity index is 1450. The zero-order valence-corrected chi connectivity index (χ0v) is 19.4. The number of esters is 1. The molecule has 0 saturated heterocycles. The van der Waals surface area contributed by atoms with E-state index in [2.05, 4.69) is 23.4 Å². The Morgan fingerprint density at radius 3 is 2.74 bits per heavy atom. The number of unbranched alkanes of at least 4 members (excludes halogenated alkanes) is 1. The number of carbonyl (C=O) groups excluding carboxylic acids is 1. The maximum Gasteiger partial charge on any atom is 0.333 e. The van der Waals surface area contributed by atoms with Gasteiger partial charge >= 0.3 is 5.97 Å². The molecule has 2 aliphatic rings. The largest absolute Gasteiger partial charge is 0.460 e. The molecule has 0 N–H and O–H groups in total. The molecule has 2 aromatic rings. The van der Waals surface area contributed by atoms with Gasteiger partial charge in [-0.3, -0.25) is 0 Å². The summed E-state index contributed by atoms with van der Waals surface area (Å²) in [5.74, 6) is 0.179. The van der Waals surface area contributed by atoms with E-state index in [1.807, 2.05) is 48.7 Å². The average Bonchev–Trinajstić information content (AvgIpc) is 2.85. The molecule has 1 aliphatic carbocycles. The Balaban J connectivity index is 1.75. The van der Waals surface area contributed by atoms with Crippen molar-refractivity contribution >= 4 is 33.5 Å². The summed E-state index contributed by atoms with van der Waals surface area (Å²) in [6.07, 6.45) is 3.92. The number of rotatable bonds is 8. The number of fused-ring (bicyclic) bond motifs is 4. The van der Waals surface area contributed by atoms with E-state index in [0.717, 1.165) is 47.1 Å². The van der Waals surface area contributed by atoms with Gasteiger partial charge in [-0.2, -0.15) is 10.3 Å². The van der Waals surface area contributed by atoms with Crippen LogP contribution in [0.2, 0.25) is 0 Å². The van der Waals surface area contributed by atoms with Crippen molar-refractivity contribution in [3.8, 4) is 17.6 Å². The Morgan fingerprint density at radius 2 is 2.00 bits per heavy atom. The van der Waals surface area contributed by atoms with Crippen LogP contribution in [0, 0.1) is 11.5 Å². The first-order valence-electron chi connectivity index (χ1n) is 11.3. The molecule has 0 aromatic heterocycles. The van der Waals surface area contributed by atoms with Crippen LogP contribution in [0.15, 0.2) is 70.1 Å².